The number of nitrogens with two attached hydrogens (primary N) is 2. The second kappa shape index (κ2) is 5.41. The molecule has 1 aliphatic heterocycles. The van der Waals surface area contributed by atoms with Gasteiger partial charge < -0.3 is 26.3 Å². The number of hydrogen-bond acceptors (Lipinski definition) is 6. The normalized spacial score (nSPS) is 22.4. The van der Waals surface area contributed by atoms with Gasteiger partial charge in [0.15, 0.2) is 0 Å². The van der Waals surface area contributed by atoms with Gasteiger partial charge in [0.05, 0.1) is 24.1 Å². The molecule has 1 fully saturated rings. The molecule has 1 aromatic heterocycles. The first-order chi connectivity index (χ1) is 9.06. The number of carbonyl (C=O) groups is 1. The van der Waals surface area contributed by atoms with E-state index in [1.165, 1.54) is 12.3 Å². The average Bonchev–Trinajstić information content (AvgIpc) is 2.86. The monoisotopic (exact) mass is 266 g/mol. The predicted molar refractivity (Wildman–Crippen MR) is 70.8 cm³/mol. The van der Waals surface area contributed by atoms with E-state index >= 15 is 0 Å². The van der Waals surface area contributed by atoms with E-state index in [9.17, 15) is 4.79 Å². The first-order valence-electron chi connectivity index (χ1n) is 5.98. The number of methoxy groups -OCH3 is 1. The van der Waals surface area contributed by atoms with Crippen molar-refractivity contribution in [2.45, 2.75) is 12.0 Å². The van der Waals surface area contributed by atoms with Gasteiger partial charge in [-0.15, -0.1) is 0 Å². The van der Waals surface area contributed by atoms with E-state index in [0.717, 1.165) is 6.42 Å². The molecule has 1 amide bonds. The van der Waals surface area contributed by atoms with Crippen molar-refractivity contribution in [3.63, 3.8) is 0 Å². The number of amides is 1. The Hall–Kier alpha value is -1.86. The maximum absolute atomic E-state index is 11.4. The number of anilines is 2. The molecule has 0 aliphatic carbocycles. The number of nitrogen functional groups attached to an aromatic ring is 1. The Balaban J connectivity index is 2.13. The van der Waals surface area contributed by atoms with Crippen molar-refractivity contribution in [1.82, 2.24) is 4.98 Å². The van der Waals surface area contributed by atoms with Crippen molar-refractivity contribution < 1.29 is 14.3 Å². The van der Waals surface area contributed by atoms with Crippen LogP contribution in [0.2, 0.25) is 0 Å². The summed E-state index contributed by atoms with van der Waals surface area (Å²) in [6.07, 6.45) is 2.26. The van der Waals surface area contributed by atoms with Crippen LogP contribution in [0.5, 0.6) is 0 Å². The Morgan fingerprint density at radius 2 is 2.47 bits per heavy atom. The third-order valence-electron chi connectivity index (χ3n) is 3.25. The van der Waals surface area contributed by atoms with Crippen molar-refractivity contribution in [1.29, 1.82) is 0 Å². The summed E-state index contributed by atoms with van der Waals surface area (Å²) in [4.78, 5) is 15.4. The zero-order valence-electron chi connectivity index (χ0n) is 10.8. The van der Waals surface area contributed by atoms with Gasteiger partial charge in [-0.1, -0.05) is 0 Å². The second-order valence-corrected chi connectivity index (χ2v) is 4.57. The first-order valence-corrected chi connectivity index (χ1v) is 5.98. The van der Waals surface area contributed by atoms with Gasteiger partial charge in [0.2, 0.25) is 0 Å². The number of primary amides is 1. The van der Waals surface area contributed by atoms with Crippen LogP contribution in [0.4, 0.5) is 11.5 Å². The summed E-state index contributed by atoms with van der Waals surface area (Å²) in [6.45, 7) is 1.66. The Morgan fingerprint density at radius 3 is 3.05 bits per heavy atom. The molecular weight excluding hydrogens is 248 g/mol. The van der Waals surface area contributed by atoms with Crippen LogP contribution in [-0.4, -0.2) is 43.4 Å². The van der Waals surface area contributed by atoms with Crippen LogP contribution in [0.1, 0.15) is 16.8 Å². The molecule has 2 rings (SSSR count). The molecule has 19 heavy (non-hydrogen) atoms. The molecule has 0 saturated carbocycles. The van der Waals surface area contributed by atoms with Crippen molar-refractivity contribution in [2.75, 3.05) is 37.9 Å². The Morgan fingerprint density at radius 1 is 1.68 bits per heavy atom. The van der Waals surface area contributed by atoms with Gasteiger partial charge >= 0.3 is 0 Å². The fourth-order valence-electron chi connectivity index (χ4n) is 2.02. The highest BCUT2D eigenvalue weighted by atomic mass is 16.5. The molecule has 1 aliphatic rings. The summed E-state index contributed by atoms with van der Waals surface area (Å²) in [5, 5.41) is 3.08. The summed E-state index contributed by atoms with van der Waals surface area (Å²) in [5.41, 5.74) is 11.2. The summed E-state index contributed by atoms with van der Waals surface area (Å²) in [7, 11) is 1.64. The maximum atomic E-state index is 11.4. The third kappa shape index (κ3) is 2.94. The molecule has 1 atom stereocenters. The Kier molecular flexibility index (Phi) is 3.87. The number of nitrogens with one attached hydrogen (secondary N) is 1. The zero-order valence-corrected chi connectivity index (χ0v) is 10.8. The molecule has 0 spiro atoms. The molecule has 1 aromatic rings. The fourth-order valence-corrected chi connectivity index (χ4v) is 2.02. The van der Waals surface area contributed by atoms with Gasteiger partial charge in [0.1, 0.15) is 11.4 Å². The minimum atomic E-state index is -0.573. The van der Waals surface area contributed by atoms with E-state index in [1.54, 1.807) is 7.11 Å². The summed E-state index contributed by atoms with van der Waals surface area (Å²) < 4.78 is 10.8. The number of ether oxygens (including phenoxy) is 2. The number of pyridine rings is 1. The quantitative estimate of drug-likeness (QED) is 0.690. The van der Waals surface area contributed by atoms with Gasteiger partial charge in [-0.25, -0.2) is 4.98 Å². The standard InChI is InChI=1S/C12H18N4O3/c1-18-12(2-3-19-7-12)6-16-11-9(10(14)17)4-8(13)5-15-11/h4-5H,2-3,6-7,13H2,1H3,(H2,14,17)(H,15,16). The third-order valence-corrected chi connectivity index (χ3v) is 3.25. The van der Waals surface area contributed by atoms with E-state index in [1.807, 2.05) is 0 Å². The molecule has 7 heteroatoms. The highest BCUT2D eigenvalue weighted by Gasteiger charge is 2.35. The molecule has 0 bridgehead atoms. The minimum Gasteiger partial charge on any atom is -0.397 e. The lowest BCUT2D eigenvalue weighted by atomic mass is 10.0. The number of carbonyl (C=O) groups excluding carboxylic acids is 1. The molecule has 1 unspecified atom stereocenters. The minimum absolute atomic E-state index is 0.269. The van der Waals surface area contributed by atoms with Crippen LogP contribution in [0.25, 0.3) is 0 Å². The van der Waals surface area contributed by atoms with Gasteiger partial charge in [0, 0.05) is 26.7 Å². The average molecular weight is 266 g/mol. The van der Waals surface area contributed by atoms with Crippen molar-refractivity contribution in [2.24, 2.45) is 5.73 Å². The smallest absolute Gasteiger partial charge is 0.252 e. The van der Waals surface area contributed by atoms with Gasteiger partial charge in [-0.2, -0.15) is 0 Å². The molecule has 0 aromatic carbocycles. The van der Waals surface area contributed by atoms with Crippen molar-refractivity contribution in [3.05, 3.63) is 17.8 Å². The lowest BCUT2D eigenvalue weighted by Crippen LogP contribution is -2.40. The van der Waals surface area contributed by atoms with Crippen LogP contribution >= 0.6 is 0 Å². The number of hydrogen-bond donors (Lipinski definition) is 3. The molecular formula is C12H18N4O3. The lowest BCUT2D eigenvalue weighted by molar-refractivity contribution is -0.00626. The SMILES string of the molecule is COC1(CNc2ncc(N)cc2C(N)=O)CCOC1. The summed E-state index contributed by atoms with van der Waals surface area (Å²) >= 11 is 0. The van der Waals surface area contributed by atoms with Crippen LogP contribution in [-0.2, 0) is 9.47 Å². The van der Waals surface area contributed by atoms with E-state index in [4.69, 9.17) is 20.9 Å². The Bertz CT molecular complexity index is 472. The van der Waals surface area contributed by atoms with Crippen LogP contribution < -0.4 is 16.8 Å². The van der Waals surface area contributed by atoms with E-state index in [-0.39, 0.29) is 5.56 Å². The largest absolute Gasteiger partial charge is 0.397 e. The van der Waals surface area contributed by atoms with E-state index in [2.05, 4.69) is 10.3 Å². The van der Waals surface area contributed by atoms with Gasteiger partial charge in [0.25, 0.3) is 5.91 Å². The van der Waals surface area contributed by atoms with Gasteiger partial charge in [-0.3, -0.25) is 4.79 Å². The topological polar surface area (TPSA) is 112 Å². The first kappa shape index (κ1) is 13.6. The summed E-state index contributed by atoms with van der Waals surface area (Å²) in [5.74, 6) is -0.165. The van der Waals surface area contributed by atoms with Crippen LogP contribution in [0.15, 0.2) is 12.3 Å². The second-order valence-electron chi connectivity index (χ2n) is 4.57. The van der Waals surface area contributed by atoms with E-state index < -0.39 is 11.5 Å². The molecule has 0 radical (unpaired) electrons. The zero-order chi connectivity index (χ0) is 13.9. The van der Waals surface area contributed by atoms with Gasteiger partial charge in [-0.05, 0) is 6.07 Å². The van der Waals surface area contributed by atoms with Crippen LogP contribution in [0.3, 0.4) is 0 Å². The highest BCUT2D eigenvalue weighted by Crippen LogP contribution is 2.24. The van der Waals surface area contributed by atoms with Crippen LogP contribution in [0, 0.1) is 0 Å². The summed E-state index contributed by atoms with van der Waals surface area (Å²) in [6, 6.07) is 1.50. The van der Waals surface area contributed by atoms with E-state index in [0.29, 0.717) is 31.3 Å². The highest BCUT2D eigenvalue weighted by molar-refractivity contribution is 5.98. The molecule has 104 valence electrons. The van der Waals surface area contributed by atoms with Crippen molar-refractivity contribution in [3.8, 4) is 0 Å². The molecule has 1 saturated heterocycles. The maximum Gasteiger partial charge on any atom is 0.252 e. The molecule has 7 nitrogen and oxygen atoms in total. The lowest BCUT2D eigenvalue weighted by Gasteiger charge is -2.26. The molecule has 2 heterocycles. The fraction of sp³-hybridized carbons (Fsp3) is 0.500. The van der Waals surface area contributed by atoms with Crippen molar-refractivity contribution >= 4 is 17.4 Å². The number of aromatic nitrogens is 1. The predicted octanol–water partition coefficient (Wildman–Crippen LogP) is -0.0199. The Labute approximate surface area is 111 Å². The molecule has 5 N–H and O–H groups in total. The number of rotatable bonds is 5. The number of nitrogens with zero attached hydrogens (tertiary/aromatic N) is 1.